The van der Waals surface area contributed by atoms with Crippen LogP contribution in [-0.4, -0.2) is 38.3 Å². The highest BCUT2D eigenvalue weighted by Crippen LogP contribution is 2.33. The van der Waals surface area contributed by atoms with Gasteiger partial charge in [0.15, 0.2) is 5.78 Å². The van der Waals surface area contributed by atoms with Crippen LogP contribution in [0, 0.1) is 0 Å². The molecule has 4 rings (SSSR count). The first-order chi connectivity index (χ1) is 16.3. The number of hydrogen-bond acceptors (Lipinski definition) is 6. The summed E-state index contributed by atoms with van der Waals surface area (Å²) in [6.07, 6.45) is -0.246. The Morgan fingerprint density at radius 3 is 2.35 bits per heavy atom. The summed E-state index contributed by atoms with van der Waals surface area (Å²) in [5.41, 5.74) is 2.80. The summed E-state index contributed by atoms with van der Waals surface area (Å²) in [6.45, 7) is 0. The molecule has 1 aromatic heterocycles. The van der Waals surface area contributed by atoms with E-state index in [0.29, 0.717) is 5.52 Å². The van der Waals surface area contributed by atoms with Crippen molar-refractivity contribution in [1.29, 1.82) is 0 Å². The van der Waals surface area contributed by atoms with Crippen molar-refractivity contribution < 1.29 is 22.7 Å². The van der Waals surface area contributed by atoms with E-state index in [4.69, 9.17) is 5.14 Å². The molecular formula is C25H23N3O5S. The molecule has 34 heavy (non-hydrogen) atoms. The average molecular weight is 478 g/mol. The molecule has 0 aliphatic rings. The van der Waals surface area contributed by atoms with E-state index in [1.54, 1.807) is 6.07 Å². The van der Waals surface area contributed by atoms with Crippen molar-refractivity contribution in [2.45, 2.75) is 18.9 Å². The summed E-state index contributed by atoms with van der Waals surface area (Å²) in [7, 11) is -3.03. The number of pyridine rings is 1. The SMILES string of the molecule is COC(=O)C(CCC(=O)c1ccc2cccc(-c3cccc4ccccc34)c2n1)NS(N)(=O)=O. The highest BCUT2D eigenvalue weighted by molar-refractivity contribution is 7.87. The number of nitrogens with two attached hydrogens (primary N) is 1. The van der Waals surface area contributed by atoms with Crippen molar-refractivity contribution in [3.63, 3.8) is 0 Å². The van der Waals surface area contributed by atoms with Gasteiger partial charge in [-0.05, 0) is 28.8 Å². The van der Waals surface area contributed by atoms with Crippen LogP contribution in [0.2, 0.25) is 0 Å². The molecule has 1 unspecified atom stereocenters. The number of para-hydroxylation sites is 1. The number of ether oxygens (including phenoxy) is 1. The molecular weight excluding hydrogens is 454 g/mol. The zero-order chi connectivity index (χ0) is 24.3. The molecule has 0 aliphatic heterocycles. The number of nitrogens with zero attached hydrogens (tertiary/aromatic N) is 1. The van der Waals surface area contributed by atoms with Crippen LogP contribution < -0.4 is 9.86 Å². The van der Waals surface area contributed by atoms with Gasteiger partial charge in [0.2, 0.25) is 0 Å². The third kappa shape index (κ3) is 5.12. The molecule has 0 fully saturated rings. The van der Waals surface area contributed by atoms with E-state index >= 15 is 0 Å². The number of benzene rings is 3. The van der Waals surface area contributed by atoms with E-state index < -0.39 is 22.2 Å². The molecule has 0 radical (unpaired) electrons. The minimum Gasteiger partial charge on any atom is -0.468 e. The molecule has 0 saturated heterocycles. The number of nitrogens with one attached hydrogen (secondary N) is 1. The number of hydrogen-bond donors (Lipinski definition) is 2. The fourth-order valence-corrected chi connectivity index (χ4v) is 4.56. The van der Waals surface area contributed by atoms with E-state index in [1.165, 1.54) is 0 Å². The Kier molecular flexibility index (Phi) is 6.69. The summed E-state index contributed by atoms with van der Waals surface area (Å²) in [4.78, 5) is 29.4. The van der Waals surface area contributed by atoms with Crippen molar-refractivity contribution in [2.75, 3.05) is 7.11 Å². The van der Waals surface area contributed by atoms with E-state index in [1.807, 2.05) is 71.5 Å². The number of rotatable bonds is 8. The lowest BCUT2D eigenvalue weighted by molar-refractivity contribution is -0.142. The van der Waals surface area contributed by atoms with Crippen LogP contribution in [0.5, 0.6) is 0 Å². The van der Waals surface area contributed by atoms with Gasteiger partial charge in [-0.2, -0.15) is 13.1 Å². The van der Waals surface area contributed by atoms with Crippen LogP contribution in [0.4, 0.5) is 0 Å². The van der Waals surface area contributed by atoms with Crippen LogP contribution in [-0.2, 0) is 19.7 Å². The quantitative estimate of drug-likeness (QED) is 0.296. The highest BCUT2D eigenvalue weighted by atomic mass is 32.2. The maximum absolute atomic E-state index is 12.9. The summed E-state index contributed by atoms with van der Waals surface area (Å²) < 4.78 is 29.3. The number of carbonyl (C=O) groups is 2. The zero-order valence-corrected chi connectivity index (χ0v) is 19.2. The molecule has 0 saturated carbocycles. The highest BCUT2D eigenvalue weighted by Gasteiger charge is 2.24. The predicted molar refractivity (Wildman–Crippen MR) is 130 cm³/mol. The van der Waals surface area contributed by atoms with Crippen molar-refractivity contribution in [2.24, 2.45) is 5.14 Å². The molecule has 0 spiro atoms. The van der Waals surface area contributed by atoms with Crippen molar-refractivity contribution in [1.82, 2.24) is 9.71 Å². The maximum atomic E-state index is 12.9. The lowest BCUT2D eigenvalue weighted by Gasteiger charge is -2.14. The minimum absolute atomic E-state index is 0.118. The fourth-order valence-electron chi connectivity index (χ4n) is 3.95. The van der Waals surface area contributed by atoms with Crippen molar-refractivity contribution in [3.05, 3.63) is 78.5 Å². The number of esters is 1. The van der Waals surface area contributed by atoms with Gasteiger partial charge in [0.1, 0.15) is 11.7 Å². The van der Waals surface area contributed by atoms with Gasteiger partial charge >= 0.3 is 5.97 Å². The first-order valence-corrected chi connectivity index (χ1v) is 12.1. The van der Waals surface area contributed by atoms with Crippen molar-refractivity contribution in [3.8, 4) is 11.1 Å². The van der Waals surface area contributed by atoms with Crippen molar-refractivity contribution >= 4 is 43.6 Å². The van der Waals surface area contributed by atoms with E-state index in [9.17, 15) is 18.0 Å². The minimum atomic E-state index is -4.15. The Morgan fingerprint density at radius 2 is 1.62 bits per heavy atom. The van der Waals surface area contributed by atoms with Crippen LogP contribution in [0.25, 0.3) is 32.8 Å². The monoisotopic (exact) mass is 477 g/mol. The van der Waals surface area contributed by atoms with E-state index in [2.05, 4.69) is 9.72 Å². The average Bonchev–Trinajstić information content (AvgIpc) is 2.84. The van der Waals surface area contributed by atoms with Gasteiger partial charge < -0.3 is 4.74 Å². The number of methoxy groups -OCH3 is 1. The first-order valence-electron chi connectivity index (χ1n) is 10.6. The smallest absolute Gasteiger partial charge is 0.323 e. The Balaban J connectivity index is 1.67. The van der Waals surface area contributed by atoms with Crippen LogP contribution >= 0.6 is 0 Å². The Hall–Kier alpha value is -3.66. The molecule has 0 bridgehead atoms. The third-order valence-electron chi connectivity index (χ3n) is 5.54. The molecule has 1 atom stereocenters. The van der Waals surface area contributed by atoms with Gasteiger partial charge in [-0.15, -0.1) is 0 Å². The molecule has 3 N–H and O–H groups in total. The lowest BCUT2D eigenvalue weighted by Crippen LogP contribution is -2.44. The Bertz CT molecular complexity index is 1500. The topological polar surface area (TPSA) is 128 Å². The standard InChI is InChI=1S/C25H23N3O5S/c1-33-25(30)22(28-34(26,31)32)14-15-23(29)21-13-12-17-8-5-11-20(24(17)27-21)19-10-4-7-16-6-2-3-9-18(16)19/h2-13,22,28H,14-15H2,1H3,(H2,26,31,32). The zero-order valence-electron chi connectivity index (χ0n) is 18.4. The van der Waals surface area contributed by atoms with E-state index in [-0.39, 0.29) is 24.3 Å². The number of Topliss-reactive ketones (excluding diaryl/α,β-unsaturated/α-hetero) is 1. The van der Waals surface area contributed by atoms with E-state index in [0.717, 1.165) is 34.4 Å². The summed E-state index contributed by atoms with van der Waals surface area (Å²) in [5.74, 6) is -1.16. The molecule has 8 nitrogen and oxygen atoms in total. The van der Waals surface area contributed by atoms with Gasteiger partial charge in [-0.1, -0.05) is 66.7 Å². The second kappa shape index (κ2) is 9.68. The lowest BCUT2D eigenvalue weighted by atomic mass is 9.96. The molecule has 4 aromatic rings. The third-order valence-corrected chi connectivity index (χ3v) is 6.15. The van der Waals surface area contributed by atoms with Gasteiger partial charge in [0.25, 0.3) is 10.2 Å². The van der Waals surface area contributed by atoms with Gasteiger partial charge in [0.05, 0.1) is 12.6 Å². The second-order valence-electron chi connectivity index (χ2n) is 7.80. The maximum Gasteiger partial charge on any atom is 0.323 e. The van der Waals surface area contributed by atoms with Crippen LogP contribution in [0.3, 0.4) is 0 Å². The molecule has 9 heteroatoms. The predicted octanol–water partition coefficient (Wildman–Crippen LogP) is 3.35. The second-order valence-corrected chi connectivity index (χ2v) is 9.13. The first kappa shape index (κ1) is 23.5. The number of aromatic nitrogens is 1. The van der Waals surface area contributed by atoms with Crippen LogP contribution in [0.15, 0.2) is 72.8 Å². The number of ketones is 1. The summed E-state index contributed by atoms with van der Waals surface area (Å²) in [6, 6.07) is 22.1. The van der Waals surface area contributed by atoms with Gasteiger partial charge in [-0.3, -0.25) is 9.59 Å². The Morgan fingerprint density at radius 1 is 0.941 bits per heavy atom. The molecule has 0 amide bonds. The fraction of sp³-hybridized carbons (Fsp3) is 0.160. The van der Waals surface area contributed by atoms with Gasteiger partial charge in [-0.25, -0.2) is 10.1 Å². The molecule has 174 valence electrons. The van der Waals surface area contributed by atoms with Crippen LogP contribution in [0.1, 0.15) is 23.3 Å². The Labute approximate surface area is 196 Å². The summed E-state index contributed by atoms with van der Waals surface area (Å²) >= 11 is 0. The normalized spacial score (nSPS) is 12.5. The number of fused-ring (bicyclic) bond motifs is 2. The van der Waals surface area contributed by atoms with Gasteiger partial charge in [0, 0.05) is 17.4 Å². The largest absolute Gasteiger partial charge is 0.468 e. The number of carbonyl (C=O) groups excluding carboxylic acids is 2. The molecule has 3 aromatic carbocycles. The molecule has 1 heterocycles. The molecule has 0 aliphatic carbocycles. The summed E-state index contributed by atoms with van der Waals surface area (Å²) in [5, 5.41) is 8.03.